The molecule has 0 unspecified atom stereocenters. The summed E-state index contributed by atoms with van der Waals surface area (Å²) in [6.45, 7) is 5.97. The van der Waals surface area contributed by atoms with Gasteiger partial charge < -0.3 is 5.32 Å². The standard InChI is InChI=1S/C20H19ClN4O/c21-15-5-1-3-13-17(15)20(26)14-4-2-6-16-18(14)19(13)23-25(16)12-11-24-9-7-22-8-10-24/h1-6,22H,7-12H2. The van der Waals surface area contributed by atoms with Gasteiger partial charge in [0.05, 0.1) is 22.6 Å². The topological polar surface area (TPSA) is 50.2 Å². The lowest BCUT2D eigenvalue weighted by molar-refractivity contribution is 0.104. The summed E-state index contributed by atoms with van der Waals surface area (Å²) in [5.74, 6) is -0.00893. The van der Waals surface area contributed by atoms with E-state index < -0.39 is 0 Å². The first kappa shape index (κ1) is 16.0. The number of carbonyl (C=O) groups is 1. The van der Waals surface area contributed by atoms with Crippen LogP contribution in [0.3, 0.4) is 0 Å². The fourth-order valence-electron chi connectivity index (χ4n) is 4.03. The number of hydrogen-bond acceptors (Lipinski definition) is 4. The highest BCUT2D eigenvalue weighted by molar-refractivity contribution is 6.38. The molecule has 1 saturated heterocycles. The number of carbonyl (C=O) groups excluding carboxylic acids is 1. The van der Waals surface area contributed by atoms with E-state index in [1.54, 1.807) is 6.07 Å². The van der Waals surface area contributed by atoms with Gasteiger partial charge in [0.2, 0.25) is 0 Å². The van der Waals surface area contributed by atoms with Crippen LogP contribution in [0.2, 0.25) is 5.02 Å². The Labute approximate surface area is 156 Å². The minimum Gasteiger partial charge on any atom is -0.314 e. The van der Waals surface area contributed by atoms with E-state index in [4.69, 9.17) is 16.7 Å². The molecule has 26 heavy (non-hydrogen) atoms. The second kappa shape index (κ2) is 6.20. The van der Waals surface area contributed by atoms with Crippen LogP contribution in [-0.4, -0.2) is 53.2 Å². The number of hydrogen-bond donors (Lipinski definition) is 1. The lowest BCUT2D eigenvalue weighted by Crippen LogP contribution is -2.44. The number of aromatic nitrogens is 2. The third-order valence-electron chi connectivity index (χ3n) is 5.36. The molecule has 0 amide bonds. The predicted molar refractivity (Wildman–Crippen MR) is 103 cm³/mol. The molecule has 1 aromatic heterocycles. The molecule has 3 aromatic rings. The van der Waals surface area contributed by atoms with Gasteiger partial charge in [-0.1, -0.05) is 35.9 Å². The smallest absolute Gasteiger partial charge is 0.195 e. The number of fused-ring (bicyclic) bond motifs is 2. The van der Waals surface area contributed by atoms with Crippen molar-refractivity contribution in [3.8, 4) is 11.3 Å². The Kier molecular flexibility index (Phi) is 3.81. The highest BCUT2D eigenvalue weighted by Gasteiger charge is 2.30. The van der Waals surface area contributed by atoms with Gasteiger partial charge in [-0.2, -0.15) is 5.10 Å². The number of piperazine rings is 1. The van der Waals surface area contributed by atoms with E-state index in [9.17, 15) is 4.79 Å². The molecule has 1 N–H and O–H groups in total. The van der Waals surface area contributed by atoms with Gasteiger partial charge in [-0.15, -0.1) is 0 Å². The van der Waals surface area contributed by atoms with E-state index >= 15 is 0 Å². The fourth-order valence-corrected chi connectivity index (χ4v) is 4.30. The Morgan fingerprint density at radius 3 is 2.65 bits per heavy atom. The van der Waals surface area contributed by atoms with Crippen molar-refractivity contribution in [1.29, 1.82) is 0 Å². The molecule has 2 aromatic carbocycles. The third kappa shape index (κ3) is 2.39. The van der Waals surface area contributed by atoms with Crippen molar-refractivity contribution in [2.75, 3.05) is 32.7 Å². The molecule has 1 aliphatic carbocycles. The maximum Gasteiger partial charge on any atom is 0.195 e. The van der Waals surface area contributed by atoms with Crippen molar-refractivity contribution in [3.63, 3.8) is 0 Å². The summed E-state index contributed by atoms with van der Waals surface area (Å²) in [5.41, 5.74) is 4.00. The quantitative estimate of drug-likeness (QED) is 0.605. The first-order valence-corrected chi connectivity index (χ1v) is 9.38. The molecule has 6 heteroatoms. The number of ketones is 1. The third-order valence-corrected chi connectivity index (χ3v) is 5.67. The van der Waals surface area contributed by atoms with Crippen molar-refractivity contribution in [2.24, 2.45) is 0 Å². The van der Waals surface area contributed by atoms with Crippen molar-refractivity contribution >= 4 is 28.3 Å². The molecular weight excluding hydrogens is 348 g/mol. The van der Waals surface area contributed by atoms with Gasteiger partial charge in [0.25, 0.3) is 0 Å². The Morgan fingerprint density at radius 1 is 1.04 bits per heavy atom. The molecule has 0 atom stereocenters. The van der Waals surface area contributed by atoms with Crippen LogP contribution >= 0.6 is 11.6 Å². The van der Waals surface area contributed by atoms with Crippen LogP contribution < -0.4 is 5.32 Å². The van der Waals surface area contributed by atoms with Crippen molar-refractivity contribution in [2.45, 2.75) is 6.54 Å². The number of halogens is 1. The summed E-state index contributed by atoms with van der Waals surface area (Å²) in [6.07, 6.45) is 0. The van der Waals surface area contributed by atoms with Crippen molar-refractivity contribution < 1.29 is 4.79 Å². The number of nitrogens with one attached hydrogen (secondary N) is 1. The molecule has 0 saturated carbocycles. The monoisotopic (exact) mass is 366 g/mol. The minimum absolute atomic E-state index is 0.00893. The Morgan fingerprint density at radius 2 is 1.81 bits per heavy atom. The largest absolute Gasteiger partial charge is 0.314 e. The lowest BCUT2D eigenvalue weighted by Gasteiger charge is -2.27. The van der Waals surface area contributed by atoms with Gasteiger partial charge in [-0.3, -0.25) is 14.4 Å². The van der Waals surface area contributed by atoms with Gasteiger partial charge in [0, 0.05) is 49.2 Å². The highest BCUT2D eigenvalue weighted by Crippen LogP contribution is 2.41. The van der Waals surface area contributed by atoms with Crippen LogP contribution in [0.25, 0.3) is 22.2 Å². The van der Waals surface area contributed by atoms with E-state index in [0.717, 1.165) is 61.4 Å². The molecule has 2 heterocycles. The first-order valence-electron chi connectivity index (χ1n) is 9.00. The van der Waals surface area contributed by atoms with Crippen LogP contribution in [0, 0.1) is 0 Å². The Hall–Kier alpha value is -2.21. The Balaban J connectivity index is 1.61. The van der Waals surface area contributed by atoms with Gasteiger partial charge in [-0.05, 0) is 12.1 Å². The number of benzene rings is 2. The van der Waals surface area contributed by atoms with E-state index in [2.05, 4.69) is 16.3 Å². The van der Waals surface area contributed by atoms with Gasteiger partial charge >= 0.3 is 0 Å². The van der Waals surface area contributed by atoms with Crippen LogP contribution in [0.4, 0.5) is 0 Å². The summed E-state index contributed by atoms with van der Waals surface area (Å²) < 4.78 is 2.04. The Bertz CT molecular complexity index is 1020. The maximum absolute atomic E-state index is 13.0. The molecule has 1 aliphatic heterocycles. The zero-order valence-corrected chi connectivity index (χ0v) is 15.1. The molecular formula is C20H19ClN4O. The molecule has 0 spiro atoms. The second-order valence-electron chi connectivity index (χ2n) is 6.85. The number of nitrogens with zero attached hydrogens (tertiary/aromatic N) is 3. The molecule has 1 fully saturated rings. The molecule has 0 radical (unpaired) electrons. The van der Waals surface area contributed by atoms with Gasteiger partial charge in [0.15, 0.2) is 5.78 Å². The molecule has 5 nitrogen and oxygen atoms in total. The van der Waals surface area contributed by atoms with Crippen LogP contribution in [0.1, 0.15) is 15.9 Å². The van der Waals surface area contributed by atoms with Crippen LogP contribution in [-0.2, 0) is 6.54 Å². The molecule has 5 rings (SSSR count). The maximum atomic E-state index is 13.0. The van der Waals surface area contributed by atoms with Crippen molar-refractivity contribution in [1.82, 2.24) is 20.0 Å². The normalized spacial score (nSPS) is 16.9. The van der Waals surface area contributed by atoms with Gasteiger partial charge in [-0.25, -0.2) is 0 Å². The van der Waals surface area contributed by atoms with Crippen LogP contribution in [0.15, 0.2) is 36.4 Å². The van der Waals surface area contributed by atoms with E-state index in [-0.39, 0.29) is 5.78 Å². The molecule has 0 bridgehead atoms. The molecule has 2 aliphatic rings. The van der Waals surface area contributed by atoms with Crippen molar-refractivity contribution in [3.05, 3.63) is 52.5 Å². The van der Waals surface area contributed by atoms with E-state index in [1.807, 2.05) is 28.9 Å². The summed E-state index contributed by atoms with van der Waals surface area (Å²) >= 11 is 6.34. The highest BCUT2D eigenvalue weighted by atomic mass is 35.5. The first-order chi connectivity index (χ1) is 12.7. The molecule has 132 valence electrons. The average molecular weight is 367 g/mol. The number of rotatable bonds is 3. The zero-order chi connectivity index (χ0) is 17.7. The summed E-state index contributed by atoms with van der Waals surface area (Å²) in [7, 11) is 0. The second-order valence-corrected chi connectivity index (χ2v) is 7.26. The fraction of sp³-hybridized carbons (Fsp3) is 0.300. The zero-order valence-electron chi connectivity index (χ0n) is 14.3. The lowest BCUT2D eigenvalue weighted by atomic mass is 9.87. The predicted octanol–water partition coefficient (Wildman–Crippen LogP) is 2.81. The van der Waals surface area contributed by atoms with Gasteiger partial charge in [0.1, 0.15) is 5.69 Å². The summed E-state index contributed by atoms with van der Waals surface area (Å²) in [4.78, 5) is 15.4. The summed E-state index contributed by atoms with van der Waals surface area (Å²) in [6, 6.07) is 11.5. The van der Waals surface area contributed by atoms with E-state index in [1.165, 1.54) is 0 Å². The van der Waals surface area contributed by atoms with E-state index in [0.29, 0.717) is 16.1 Å². The SMILES string of the molecule is O=C1c2c(Cl)cccc2-c2nn(CCN3CCNCC3)c3cccc1c23. The van der Waals surface area contributed by atoms with Crippen LogP contribution in [0.5, 0.6) is 0 Å². The average Bonchev–Trinajstić information content (AvgIpc) is 3.05. The minimum atomic E-state index is -0.00893. The summed E-state index contributed by atoms with van der Waals surface area (Å²) in [5, 5.41) is 9.71.